The van der Waals surface area contributed by atoms with Crippen molar-refractivity contribution < 1.29 is 0 Å². The Bertz CT molecular complexity index is 221. The molecule has 0 radical (unpaired) electrons. The van der Waals surface area contributed by atoms with Gasteiger partial charge in [0, 0.05) is 12.4 Å². The molecule has 0 spiro atoms. The van der Waals surface area contributed by atoms with E-state index in [1.165, 1.54) is 5.56 Å². The molecule has 1 aromatic rings. The number of nitrogens with zero attached hydrogens (tertiary/aromatic N) is 1. The lowest BCUT2D eigenvalue weighted by Gasteiger charge is -2.03. The van der Waals surface area contributed by atoms with Gasteiger partial charge in [-0.15, -0.1) is 9.24 Å². The molecule has 0 amide bonds. The molecule has 1 aromatic heterocycles. The quantitative estimate of drug-likeness (QED) is 0.610. The highest BCUT2D eigenvalue weighted by molar-refractivity contribution is 7.27. The summed E-state index contributed by atoms with van der Waals surface area (Å²) in [6.07, 6.45) is 3.76. The van der Waals surface area contributed by atoms with E-state index in [4.69, 9.17) is 0 Å². The molecule has 0 fully saturated rings. The van der Waals surface area contributed by atoms with Crippen LogP contribution < -0.4 is 5.30 Å². The second-order valence-electron chi connectivity index (χ2n) is 2.71. The normalized spacial score (nSPS) is 9.17. The van der Waals surface area contributed by atoms with Crippen LogP contribution in [-0.4, -0.2) is 4.98 Å². The Morgan fingerprint density at radius 3 is 2.17 bits per heavy atom. The number of hydrogen-bond acceptors (Lipinski definition) is 1. The maximum Gasteiger partial charge on any atom is 0.0339 e. The molecule has 0 aliphatic heterocycles. The summed E-state index contributed by atoms with van der Waals surface area (Å²) in [7, 11) is 2.65. The van der Waals surface area contributed by atoms with E-state index in [-0.39, 0.29) is 0 Å². The smallest absolute Gasteiger partial charge is 0.0339 e. The fraction of sp³-hybridized carbons (Fsp3) is 0.500. The van der Waals surface area contributed by atoms with Crippen molar-refractivity contribution in [2.75, 3.05) is 0 Å². The average molecular weight is 183 g/mol. The van der Waals surface area contributed by atoms with Gasteiger partial charge in [0.15, 0.2) is 0 Å². The van der Waals surface area contributed by atoms with Gasteiger partial charge in [-0.3, -0.25) is 4.98 Å². The summed E-state index contributed by atoms with van der Waals surface area (Å²) in [6.45, 7) is 8.34. The molecule has 0 saturated carbocycles. The SMILES string of the molecule is CC.CC(C)c1cncc(P)c1. The van der Waals surface area contributed by atoms with Crippen molar-refractivity contribution in [2.45, 2.75) is 33.6 Å². The van der Waals surface area contributed by atoms with E-state index in [9.17, 15) is 0 Å². The first-order valence-electron chi connectivity index (χ1n) is 4.40. The predicted octanol–water partition coefficient (Wildman–Crippen LogP) is 2.73. The molecular formula is C10H18NP. The molecule has 0 bridgehead atoms. The Morgan fingerprint density at radius 2 is 1.83 bits per heavy atom. The van der Waals surface area contributed by atoms with Crippen LogP contribution in [-0.2, 0) is 0 Å². The molecule has 1 nitrogen and oxygen atoms in total. The lowest BCUT2D eigenvalue weighted by atomic mass is 10.1. The van der Waals surface area contributed by atoms with Gasteiger partial charge in [-0.05, 0) is 22.9 Å². The molecule has 0 saturated heterocycles. The monoisotopic (exact) mass is 183 g/mol. The van der Waals surface area contributed by atoms with Gasteiger partial charge < -0.3 is 0 Å². The zero-order valence-electron chi connectivity index (χ0n) is 8.33. The maximum atomic E-state index is 4.08. The second kappa shape index (κ2) is 6.14. The van der Waals surface area contributed by atoms with Crippen molar-refractivity contribution in [3.05, 3.63) is 24.0 Å². The van der Waals surface area contributed by atoms with Crippen LogP contribution in [0.1, 0.15) is 39.2 Å². The summed E-state index contributed by atoms with van der Waals surface area (Å²) >= 11 is 0. The van der Waals surface area contributed by atoms with E-state index in [0.717, 1.165) is 5.30 Å². The Morgan fingerprint density at radius 1 is 1.25 bits per heavy atom. The van der Waals surface area contributed by atoms with Crippen LogP contribution in [0.2, 0.25) is 0 Å². The molecule has 68 valence electrons. The minimum atomic E-state index is 0.577. The van der Waals surface area contributed by atoms with Crippen molar-refractivity contribution in [3.8, 4) is 0 Å². The fourth-order valence-corrected chi connectivity index (χ4v) is 1.07. The van der Waals surface area contributed by atoms with Gasteiger partial charge in [0.25, 0.3) is 0 Å². The van der Waals surface area contributed by atoms with Gasteiger partial charge in [0.05, 0.1) is 0 Å². The minimum Gasteiger partial charge on any atom is -0.264 e. The third kappa shape index (κ3) is 3.82. The fourth-order valence-electron chi connectivity index (χ4n) is 0.792. The summed E-state index contributed by atoms with van der Waals surface area (Å²) in [5.74, 6) is 0.577. The first-order chi connectivity index (χ1) is 5.70. The number of pyridine rings is 1. The highest BCUT2D eigenvalue weighted by Crippen LogP contribution is 2.10. The summed E-state index contributed by atoms with van der Waals surface area (Å²) < 4.78 is 0. The summed E-state index contributed by atoms with van der Waals surface area (Å²) in [4.78, 5) is 4.08. The van der Waals surface area contributed by atoms with Gasteiger partial charge in [-0.1, -0.05) is 27.7 Å². The van der Waals surface area contributed by atoms with Gasteiger partial charge in [-0.25, -0.2) is 0 Å². The van der Waals surface area contributed by atoms with E-state index in [2.05, 4.69) is 34.1 Å². The molecule has 1 heterocycles. The number of hydrogen-bond donors (Lipinski definition) is 0. The summed E-state index contributed by atoms with van der Waals surface area (Å²) in [6, 6.07) is 2.14. The first kappa shape index (κ1) is 11.6. The van der Waals surface area contributed by atoms with Crippen LogP contribution in [0.25, 0.3) is 0 Å². The van der Waals surface area contributed by atoms with Crippen LogP contribution in [0.15, 0.2) is 18.5 Å². The summed E-state index contributed by atoms with van der Waals surface area (Å²) in [5, 5.41) is 1.16. The van der Waals surface area contributed by atoms with Gasteiger partial charge in [0.1, 0.15) is 0 Å². The van der Waals surface area contributed by atoms with E-state index in [0.29, 0.717) is 5.92 Å². The molecule has 0 aliphatic rings. The minimum absolute atomic E-state index is 0.577. The standard InChI is InChI=1S/C8H12NP.C2H6/c1-6(2)7-3-8(10)5-9-4-7;1-2/h3-6H,10H2,1-2H3;1-2H3. The van der Waals surface area contributed by atoms with Crippen molar-refractivity contribution >= 4 is 14.5 Å². The van der Waals surface area contributed by atoms with Crippen LogP contribution >= 0.6 is 9.24 Å². The zero-order chi connectivity index (χ0) is 9.56. The third-order valence-electron chi connectivity index (χ3n) is 1.45. The molecule has 12 heavy (non-hydrogen) atoms. The van der Waals surface area contributed by atoms with Crippen LogP contribution in [0.5, 0.6) is 0 Å². The first-order valence-corrected chi connectivity index (χ1v) is 4.98. The Hall–Kier alpha value is -0.420. The van der Waals surface area contributed by atoms with Crippen LogP contribution in [0.3, 0.4) is 0 Å². The molecule has 0 aliphatic carbocycles. The summed E-state index contributed by atoms with van der Waals surface area (Å²) in [5.41, 5.74) is 1.30. The van der Waals surface area contributed by atoms with Gasteiger partial charge >= 0.3 is 0 Å². The van der Waals surface area contributed by atoms with E-state index < -0.39 is 0 Å². The van der Waals surface area contributed by atoms with Crippen molar-refractivity contribution in [3.63, 3.8) is 0 Å². The van der Waals surface area contributed by atoms with Crippen molar-refractivity contribution in [1.82, 2.24) is 4.98 Å². The van der Waals surface area contributed by atoms with Crippen LogP contribution in [0.4, 0.5) is 0 Å². The molecular weight excluding hydrogens is 165 g/mol. The van der Waals surface area contributed by atoms with Gasteiger partial charge in [-0.2, -0.15) is 0 Å². The average Bonchev–Trinajstić information content (AvgIpc) is 2.08. The van der Waals surface area contributed by atoms with Crippen molar-refractivity contribution in [1.29, 1.82) is 0 Å². The molecule has 1 unspecified atom stereocenters. The number of rotatable bonds is 1. The van der Waals surface area contributed by atoms with E-state index >= 15 is 0 Å². The highest BCUT2D eigenvalue weighted by atomic mass is 31.0. The molecule has 1 atom stereocenters. The molecule has 1 rings (SSSR count). The Balaban J connectivity index is 0.000000561. The molecule has 2 heteroatoms. The largest absolute Gasteiger partial charge is 0.264 e. The second-order valence-corrected chi connectivity index (χ2v) is 3.37. The topological polar surface area (TPSA) is 12.9 Å². The van der Waals surface area contributed by atoms with Gasteiger partial charge in [0.2, 0.25) is 0 Å². The zero-order valence-corrected chi connectivity index (χ0v) is 9.49. The van der Waals surface area contributed by atoms with Crippen molar-refractivity contribution in [2.24, 2.45) is 0 Å². The Kier molecular flexibility index (Phi) is 5.92. The lowest BCUT2D eigenvalue weighted by molar-refractivity contribution is 0.860. The predicted molar refractivity (Wildman–Crippen MR) is 59.0 cm³/mol. The van der Waals surface area contributed by atoms with Crippen LogP contribution in [0, 0.1) is 0 Å². The van der Waals surface area contributed by atoms with E-state index in [1.54, 1.807) is 0 Å². The van der Waals surface area contributed by atoms with E-state index in [1.807, 2.05) is 26.2 Å². The molecule has 0 N–H and O–H groups in total. The number of aromatic nitrogens is 1. The molecule has 0 aromatic carbocycles. The third-order valence-corrected chi connectivity index (χ3v) is 1.76. The maximum absolute atomic E-state index is 4.08. The lowest BCUT2D eigenvalue weighted by Crippen LogP contribution is -1.96. The Labute approximate surface area is 77.8 Å². The highest BCUT2D eigenvalue weighted by Gasteiger charge is 1.97.